The van der Waals surface area contributed by atoms with Crippen molar-refractivity contribution in [1.29, 1.82) is 0 Å². The average molecular weight is 286 g/mol. The van der Waals surface area contributed by atoms with Gasteiger partial charge in [0.1, 0.15) is 0 Å². The highest BCUT2D eigenvalue weighted by atomic mass is 32.2. The Morgan fingerprint density at radius 1 is 1.53 bits per heavy atom. The third-order valence-corrected chi connectivity index (χ3v) is 4.93. The Hall–Kier alpha value is -0.920. The first kappa shape index (κ1) is 14.5. The topological polar surface area (TPSA) is 76.0 Å². The molecule has 1 aromatic rings. The second-order valence-corrected chi connectivity index (χ2v) is 6.53. The molecule has 7 heteroatoms. The number of rotatable bonds is 6. The van der Waals surface area contributed by atoms with Crippen molar-refractivity contribution in [2.75, 3.05) is 13.1 Å². The Bertz CT molecular complexity index is 492. The summed E-state index contributed by atoms with van der Waals surface area (Å²) in [5.74, 6) is 0. The Kier molecular flexibility index (Phi) is 4.95. The summed E-state index contributed by atoms with van der Waals surface area (Å²) in [5.41, 5.74) is 0. The van der Waals surface area contributed by atoms with Crippen molar-refractivity contribution in [3.8, 4) is 0 Å². The molecule has 0 radical (unpaired) electrons. The second-order valence-electron chi connectivity index (χ2n) is 4.82. The molecule has 2 heterocycles. The second kappa shape index (κ2) is 6.49. The summed E-state index contributed by atoms with van der Waals surface area (Å²) in [6, 6.07) is 1.97. The summed E-state index contributed by atoms with van der Waals surface area (Å²) in [6.45, 7) is 3.93. The van der Waals surface area contributed by atoms with E-state index in [1.54, 1.807) is 0 Å². The van der Waals surface area contributed by atoms with Crippen molar-refractivity contribution in [3.05, 3.63) is 12.3 Å². The molecule has 2 N–H and O–H groups in total. The smallest absolute Gasteiger partial charge is 0.257 e. The van der Waals surface area contributed by atoms with E-state index in [1.165, 1.54) is 29.8 Å². The Labute approximate surface area is 114 Å². The molecular formula is C12H22N4O2S. The maximum atomic E-state index is 12.1. The minimum Gasteiger partial charge on any atom is -0.314 e. The molecule has 0 amide bonds. The van der Waals surface area contributed by atoms with Gasteiger partial charge >= 0.3 is 0 Å². The number of aryl methyl sites for hydroxylation is 1. The van der Waals surface area contributed by atoms with Crippen LogP contribution < -0.4 is 10.0 Å². The third-order valence-electron chi connectivity index (χ3n) is 3.45. The predicted octanol–water partition coefficient (Wildman–Crippen LogP) is 0.714. The molecule has 0 spiro atoms. The van der Waals surface area contributed by atoms with E-state index < -0.39 is 10.0 Å². The van der Waals surface area contributed by atoms with Gasteiger partial charge in [-0.1, -0.05) is 6.42 Å². The number of aromatic nitrogens is 2. The van der Waals surface area contributed by atoms with E-state index >= 15 is 0 Å². The summed E-state index contributed by atoms with van der Waals surface area (Å²) < 4.78 is 28.4. The van der Waals surface area contributed by atoms with E-state index in [2.05, 4.69) is 15.1 Å². The first-order valence-electron chi connectivity index (χ1n) is 6.88. The molecule has 0 unspecified atom stereocenters. The highest BCUT2D eigenvalue weighted by Gasteiger charge is 2.19. The van der Waals surface area contributed by atoms with Crippen LogP contribution in [0.4, 0.5) is 0 Å². The van der Waals surface area contributed by atoms with Crippen molar-refractivity contribution in [3.63, 3.8) is 0 Å². The highest BCUT2D eigenvalue weighted by Crippen LogP contribution is 2.11. The lowest BCUT2D eigenvalue weighted by Gasteiger charge is -2.23. The quantitative estimate of drug-likeness (QED) is 0.807. The fraction of sp³-hybridized carbons (Fsp3) is 0.750. The van der Waals surface area contributed by atoms with Crippen LogP contribution in [0.25, 0.3) is 0 Å². The molecule has 108 valence electrons. The van der Waals surface area contributed by atoms with Gasteiger partial charge < -0.3 is 5.32 Å². The van der Waals surface area contributed by atoms with Crippen LogP contribution in [0, 0.1) is 0 Å². The van der Waals surface area contributed by atoms with Gasteiger partial charge in [0.2, 0.25) is 0 Å². The van der Waals surface area contributed by atoms with Crippen molar-refractivity contribution in [2.45, 2.75) is 50.2 Å². The first-order valence-corrected chi connectivity index (χ1v) is 8.36. The molecule has 6 nitrogen and oxygen atoms in total. The van der Waals surface area contributed by atoms with E-state index in [0.717, 1.165) is 19.4 Å². The maximum Gasteiger partial charge on any atom is 0.257 e. The lowest BCUT2D eigenvalue weighted by molar-refractivity contribution is 0.382. The summed E-state index contributed by atoms with van der Waals surface area (Å²) >= 11 is 0. The summed E-state index contributed by atoms with van der Waals surface area (Å²) in [7, 11) is -3.44. The average Bonchev–Trinajstić information content (AvgIpc) is 2.89. The molecule has 0 bridgehead atoms. The van der Waals surface area contributed by atoms with Crippen LogP contribution in [0.3, 0.4) is 0 Å². The molecule has 19 heavy (non-hydrogen) atoms. The van der Waals surface area contributed by atoms with Gasteiger partial charge in [-0.3, -0.25) is 4.68 Å². The molecule has 1 aliphatic rings. The van der Waals surface area contributed by atoms with Crippen LogP contribution in [0.15, 0.2) is 17.3 Å². The van der Waals surface area contributed by atoms with Crippen molar-refractivity contribution < 1.29 is 8.42 Å². The molecular weight excluding hydrogens is 264 g/mol. The van der Waals surface area contributed by atoms with Crippen LogP contribution >= 0.6 is 0 Å². The van der Waals surface area contributed by atoms with Gasteiger partial charge in [0.15, 0.2) is 5.03 Å². The molecule has 0 aliphatic carbocycles. The van der Waals surface area contributed by atoms with E-state index in [1.807, 2.05) is 6.92 Å². The van der Waals surface area contributed by atoms with Gasteiger partial charge in [-0.2, -0.15) is 5.10 Å². The van der Waals surface area contributed by atoms with Gasteiger partial charge in [-0.25, -0.2) is 13.1 Å². The normalized spacial score (nSPS) is 20.6. The molecule has 0 saturated carbocycles. The number of nitrogens with zero attached hydrogens (tertiary/aromatic N) is 2. The molecule has 2 rings (SSSR count). The number of nitrogens with one attached hydrogen (secondary N) is 2. The van der Waals surface area contributed by atoms with Gasteiger partial charge in [0.25, 0.3) is 10.0 Å². The Morgan fingerprint density at radius 2 is 2.37 bits per heavy atom. The van der Waals surface area contributed by atoms with Crippen molar-refractivity contribution in [1.82, 2.24) is 19.8 Å². The zero-order valence-corrected chi connectivity index (χ0v) is 12.1. The summed E-state index contributed by atoms with van der Waals surface area (Å²) in [4.78, 5) is 0. The van der Waals surface area contributed by atoms with E-state index in [9.17, 15) is 8.42 Å². The predicted molar refractivity (Wildman–Crippen MR) is 73.3 cm³/mol. The molecule has 0 aromatic carbocycles. The maximum absolute atomic E-state index is 12.1. The molecule has 1 aliphatic heterocycles. The zero-order valence-electron chi connectivity index (χ0n) is 11.3. The molecule has 1 saturated heterocycles. The number of hydrogen-bond donors (Lipinski definition) is 2. The standard InChI is InChI=1S/C12H22N4O2S/c1-2-16-12(7-9-14-16)19(17,18)15-10-6-11-5-3-4-8-13-11/h7,9,11,13,15H,2-6,8,10H2,1H3/t11-/m1/s1. The largest absolute Gasteiger partial charge is 0.314 e. The van der Waals surface area contributed by atoms with E-state index in [4.69, 9.17) is 0 Å². The SMILES string of the molecule is CCn1nccc1S(=O)(=O)NCC[C@H]1CCCCN1. The highest BCUT2D eigenvalue weighted by molar-refractivity contribution is 7.89. The lowest BCUT2D eigenvalue weighted by Crippen LogP contribution is -2.37. The van der Waals surface area contributed by atoms with Crippen LogP contribution in [-0.2, 0) is 16.6 Å². The number of piperidine rings is 1. The monoisotopic (exact) mass is 286 g/mol. The van der Waals surface area contributed by atoms with Gasteiger partial charge in [-0.05, 0) is 38.8 Å². The van der Waals surface area contributed by atoms with Crippen LogP contribution in [0.2, 0.25) is 0 Å². The minimum atomic E-state index is -3.44. The van der Waals surface area contributed by atoms with Crippen LogP contribution in [0.1, 0.15) is 32.6 Å². The fourth-order valence-corrected chi connectivity index (χ4v) is 3.63. The van der Waals surface area contributed by atoms with Gasteiger partial charge in [0, 0.05) is 19.1 Å². The van der Waals surface area contributed by atoms with Gasteiger partial charge in [-0.15, -0.1) is 0 Å². The lowest BCUT2D eigenvalue weighted by atomic mass is 10.0. The minimum absolute atomic E-state index is 0.242. The Morgan fingerprint density at radius 3 is 3.05 bits per heavy atom. The summed E-state index contributed by atoms with van der Waals surface area (Å²) in [6.07, 6.45) is 5.93. The van der Waals surface area contributed by atoms with E-state index in [0.29, 0.717) is 19.1 Å². The number of hydrogen-bond acceptors (Lipinski definition) is 4. The van der Waals surface area contributed by atoms with Crippen LogP contribution in [0.5, 0.6) is 0 Å². The Balaban J connectivity index is 1.87. The van der Waals surface area contributed by atoms with Gasteiger partial charge in [0.05, 0.1) is 6.20 Å². The summed E-state index contributed by atoms with van der Waals surface area (Å²) in [5, 5.41) is 7.64. The zero-order chi connectivity index (χ0) is 13.7. The van der Waals surface area contributed by atoms with E-state index in [-0.39, 0.29) is 5.03 Å². The molecule has 1 fully saturated rings. The van der Waals surface area contributed by atoms with Crippen molar-refractivity contribution in [2.24, 2.45) is 0 Å². The first-order chi connectivity index (χ1) is 9.13. The molecule has 1 aromatic heterocycles. The fourth-order valence-electron chi connectivity index (χ4n) is 2.40. The van der Waals surface area contributed by atoms with Crippen LogP contribution in [-0.4, -0.2) is 37.3 Å². The molecule has 1 atom stereocenters. The van der Waals surface area contributed by atoms with Crippen molar-refractivity contribution >= 4 is 10.0 Å². The number of sulfonamides is 1. The third kappa shape index (κ3) is 3.77.